The molecule has 0 bridgehead atoms. The summed E-state index contributed by atoms with van der Waals surface area (Å²) >= 11 is 1.16. The highest BCUT2D eigenvalue weighted by Crippen LogP contribution is 2.16. The second-order valence-electron chi connectivity index (χ2n) is 4.30. The summed E-state index contributed by atoms with van der Waals surface area (Å²) in [5.41, 5.74) is 7.41. The number of aromatic nitrogens is 3. The van der Waals surface area contributed by atoms with Crippen LogP contribution in [0.4, 0.5) is 0 Å². The maximum Gasteiger partial charge on any atom is 0.304 e. The van der Waals surface area contributed by atoms with E-state index in [1.165, 1.54) is 0 Å². The number of rotatable bonds is 3. The van der Waals surface area contributed by atoms with Gasteiger partial charge in [-0.15, -0.1) is 0 Å². The molecule has 0 aliphatic carbocycles. The van der Waals surface area contributed by atoms with E-state index in [0.717, 1.165) is 22.7 Å². The number of nitrogens with one attached hydrogen (secondary N) is 1. The van der Waals surface area contributed by atoms with Gasteiger partial charge in [0.25, 0.3) is 0 Å². The molecular formula is C10H14N4OS. The van der Waals surface area contributed by atoms with Gasteiger partial charge in [-0.3, -0.25) is 4.79 Å². The normalized spacial score (nSPS) is 11.9. The Labute approximate surface area is 96.9 Å². The molecule has 0 amide bonds. The monoisotopic (exact) mass is 238 g/mol. The van der Waals surface area contributed by atoms with E-state index in [0.29, 0.717) is 6.54 Å². The molecule has 2 rings (SSSR count). The van der Waals surface area contributed by atoms with Crippen molar-refractivity contribution in [1.82, 2.24) is 14.5 Å². The summed E-state index contributed by atoms with van der Waals surface area (Å²) in [5.74, 6) is 0. The number of hydrogen-bond donors (Lipinski definition) is 2. The Morgan fingerprint density at radius 1 is 1.62 bits per heavy atom. The predicted molar refractivity (Wildman–Crippen MR) is 63.5 cm³/mol. The summed E-state index contributed by atoms with van der Waals surface area (Å²) in [6, 6.07) is 0. The molecule has 0 unspecified atom stereocenters. The second-order valence-corrected chi connectivity index (χ2v) is 5.14. The molecule has 16 heavy (non-hydrogen) atoms. The summed E-state index contributed by atoms with van der Waals surface area (Å²) in [6.45, 7) is 4.45. The zero-order valence-electron chi connectivity index (χ0n) is 9.23. The molecule has 6 heteroatoms. The first kappa shape index (κ1) is 11.1. The third-order valence-electron chi connectivity index (χ3n) is 2.28. The smallest absolute Gasteiger partial charge is 0.304 e. The van der Waals surface area contributed by atoms with E-state index >= 15 is 0 Å². The van der Waals surface area contributed by atoms with Crippen molar-refractivity contribution in [1.29, 1.82) is 0 Å². The summed E-state index contributed by atoms with van der Waals surface area (Å²) in [5, 5.41) is 1.82. The molecule has 2 aromatic heterocycles. The van der Waals surface area contributed by atoms with Crippen LogP contribution in [0.2, 0.25) is 0 Å². The lowest BCUT2D eigenvalue weighted by molar-refractivity contribution is 0.502. The van der Waals surface area contributed by atoms with Gasteiger partial charge in [0.15, 0.2) is 0 Å². The molecular weight excluding hydrogens is 224 g/mol. The van der Waals surface area contributed by atoms with Gasteiger partial charge in [0, 0.05) is 17.3 Å². The molecule has 86 valence electrons. The van der Waals surface area contributed by atoms with E-state index in [1.807, 2.05) is 23.8 Å². The Morgan fingerprint density at radius 2 is 2.38 bits per heavy atom. The molecule has 0 spiro atoms. The van der Waals surface area contributed by atoms with Crippen LogP contribution in [0.25, 0.3) is 0 Å². The van der Waals surface area contributed by atoms with Gasteiger partial charge < -0.3 is 15.3 Å². The van der Waals surface area contributed by atoms with Gasteiger partial charge in [0.1, 0.15) is 0 Å². The van der Waals surface area contributed by atoms with Crippen molar-refractivity contribution in [2.75, 3.05) is 0 Å². The lowest BCUT2D eigenvalue weighted by Gasteiger charge is -2.20. The van der Waals surface area contributed by atoms with Gasteiger partial charge in [0.05, 0.1) is 24.1 Å². The Kier molecular flexibility index (Phi) is 2.69. The fourth-order valence-electron chi connectivity index (χ4n) is 1.56. The quantitative estimate of drug-likeness (QED) is 0.833. The van der Waals surface area contributed by atoms with Gasteiger partial charge in [-0.25, -0.2) is 4.98 Å². The van der Waals surface area contributed by atoms with Crippen molar-refractivity contribution in [2.24, 2.45) is 5.73 Å². The number of imidazole rings is 1. The van der Waals surface area contributed by atoms with E-state index in [9.17, 15) is 4.79 Å². The fourth-order valence-corrected chi connectivity index (χ4v) is 2.13. The molecule has 0 aromatic carbocycles. The van der Waals surface area contributed by atoms with Gasteiger partial charge in [-0.05, 0) is 13.8 Å². The zero-order valence-corrected chi connectivity index (χ0v) is 10.0. The first-order chi connectivity index (χ1) is 7.47. The lowest BCUT2D eigenvalue weighted by Crippen LogP contribution is -2.31. The Hall–Kier alpha value is -1.40. The molecule has 3 N–H and O–H groups in total. The number of hydrogen-bond acceptors (Lipinski definition) is 4. The van der Waals surface area contributed by atoms with Crippen LogP contribution in [-0.2, 0) is 12.1 Å². The first-order valence-corrected chi connectivity index (χ1v) is 5.81. The standard InChI is InChI=1S/C10H14N4OS/c1-10(2,11)8-3-12-6-14(8)4-7-5-16-9(15)13-7/h3,5-6H,4,11H2,1-2H3,(H,13,15). The summed E-state index contributed by atoms with van der Waals surface area (Å²) < 4.78 is 1.94. The Balaban J connectivity index is 2.29. The minimum absolute atomic E-state index is 0.0383. The zero-order chi connectivity index (χ0) is 11.8. The van der Waals surface area contributed by atoms with Crippen molar-refractivity contribution in [3.05, 3.63) is 39.0 Å². The van der Waals surface area contributed by atoms with E-state index < -0.39 is 5.54 Å². The van der Waals surface area contributed by atoms with Crippen molar-refractivity contribution >= 4 is 11.3 Å². The maximum atomic E-state index is 11.0. The summed E-state index contributed by atoms with van der Waals surface area (Å²) in [4.78, 5) is 17.8. The topological polar surface area (TPSA) is 76.7 Å². The molecule has 0 radical (unpaired) electrons. The van der Waals surface area contributed by atoms with Crippen LogP contribution in [0.15, 0.2) is 22.7 Å². The van der Waals surface area contributed by atoms with E-state index in [4.69, 9.17) is 5.73 Å². The first-order valence-electron chi connectivity index (χ1n) is 4.93. The average molecular weight is 238 g/mol. The largest absolute Gasteiger partial charge is 0.327 e. The van der Waals surface area contributed by atoms with Crippen LogP contribution in [0.5, 0.6) is 0 Å². The highest BCUT2D eigenvalue weighted by Gasteiger charge is 2.19. The lowest BCUT2D eigenvalue weighted by atomic mass is 10.0. The highest BCUT2D eigenvalue weighted by atomic mass is 32.1. The van der Waals surface area contributed by atoms with Crippen molar-refractivity contribution in [2.45, 2.75) is 25.9 Å². The van der Waals surface area contributed by atoms with Gasteiger partial charge in [0.2, 0.25) is 0 Å². The highest BCUT2D eigenvalue weighted by molar-refractivity contribution is 7.07. The second kappa shape index (κ2) is 3.88. The Bertz CT molecular complexity index is 531. The SMILES string of the molecule is CC(C)(N)c1cncn1Cc1csc(=O)[nH]1. The van der Waals surface area contributed by atoms with E-state index in [-0.39, 0.29) is 4.87 Å². The van der Waals surface area contributed by atoms with Crippen LogP contribution < -0.4 is 10.6 Å². The minimum atomic E-state index is -0.438. The van der Waals surface area contributed by atoms with Crippen LogP contribution in [0.3, 0.4) is 0 Å². The molecule has 2 aromatic rings. The van der Waals surface area contributed by atoms with E-state index in [1.54, 1.807) is 12.5 Å². The third kappa shape index (κ3) is 2.23. The predicted octanol–water partition coefficient (Wildman–Crippen LogP) is 0.875. The molecule has 0 aliphatic rings. The van der Waals surface area contributed by atoms with E-state index in [2.05, 4.69) is 9.97 Å². The van der Waals surface area contributed by atoms with Crippen molar-refractivity contribution < 1.29 is 0 Å². The average Bonchev–Trinajstić information content (AvgIpc) is 2.74. The molecule has 2 heterocycles. The van der Waals surface area contributed by atoms with Crippen LogP contribution in [0, 0.1) is 0 Å². The maximum absolute atomic E-state index is 11.0. The van der Waals surface area contributed by atoms with Gasteiger partial charge in [-0.1, -0.05) is 11.3 Å². The molecule has 0 saturated carbocycles. The molecule has 0 saturated heterocycles. The van der Waals surface area contributed by atoms with Crippen LogP contribution in [0.1, 0.15) is 25.2 Å². The Morgan fingerprint density at radius 3 is 2.94 bits per heavy atom. The van der Waals surface area contributed by atoms with Crippen LogP contribution >= 0.6 is 11.3 Å². The van der Waals surface area contributed by atoms with Crippen LogP contribution in [-0.4, -0.2) is 14.5 Å². The third-order valence-corrected chi connectivity index (χ3v) is 3.00. The molecule has 0 fully saturated rings. The minimum Gasteiger partial charge on any atom is -0.327 e. The van der Waals surface area contributed by atoms with Crippen molar-refractivity contribution in [3.63, 3.8) is 0 Å². The molecule has 0 aliphatic heterocycles. The number of H-pyrrole nitrogens is 1. The molecule has 5 nitrogen and oxygen atoms in total. The number of nitrogens with zero attached hydrogens (tertiary/aromatic N) is 2. The number of thiazole rings is 1. The van der Waals surface area contributed by atoms with Gasteiger partial charge >= 0.3 is 4.87 Å². The number of aromatic amines is 1. The number of nitrogens with two attached hydrogens (primary N) is 1. The summed E-state index contributed by atoms with van der Waals surface area (Å²) in [7, 11) is 0. The molecule has 0 atom stereocenters. The van der Waals surface area contributed by atoms with Crippen molar-refractivity contribution in [3.8, 4) is 0 Å². The summed E-state index contributed by atoms with van der Waals surface area (Å²) in [6.07, 6.45) is 3.48. The fraction of sp³-hybridized carbons (Fsp3) is 0.400. The van der Waals surface area contributed by atoms with Gasteiger partial charge in [-0.2, -0.15) is 0 Å².